The summed E-state index contributed by atoms with van der Waals surface area (Å²) in [6.07, 6.45) is 7.85. The number of rotatable bonds is 8. The molecule has 96 valence electrons. The van der Waals surface area contributed by atoms with E-state index in [0.717, 1.165) is 12.8 Å². The molecular formula is C12H20N2O3. The van der Waals surface area contributed by atoms with E-state index in [2.05, 4.69) is 16.6 Å². The molecule has 5 heteroatoms. The van der Waals surface area contributed by atoms with E-state index < -0.39 is 5.97 Å². The van der Waals surface area contributed by atoms with Crippen LogP contribution in [0.3, 0.4) is 0 Å². The Morgan fingerprint density at radius 3 is 2.71 bits per heavy atom. The molecule has 0 saturated carbocycles. The number of carboxylic acid groups (broad SMARTS) is 1. The van der Waals surface area contributed by atoms with Crippen molar-refractivity contribution in [2.45, 2.75) is 45.1 Å². The third-order valence-corrected chi connectivity index (χ3v) is 2.18. The normalized spacial score (nSPS) is 11.3. The van der Waals surface area contributed by atoms with E-state index in [-0.39, 0.29) is 18.5 Å². The number of carboxylic acids is 1. The van der Waals surface area contributed by atoms with Gasteiger partial charge in [0, 0.05) is 19.0 Å². The zero-order chi connectivity index (χ0) is 13.1. The lowest BCUT2D eigenvalue weighted by Crippen LogP contribution is -2.43. The van der Waals surface area contributed by atoms with E-state index in [1.165, 1.54) is 0 Å². The summed E-state index contributed by atoms with van der Waals surface area (Å²) in [5, 5.41) is 14.0. The Morgan fingerprint density at radius 2 is 2.18 bits per heavy atom. The second-order valence-electron chi connectivity index (χ2n) is 3.79. The van der Waals surface area contributed by atoms with Crippen LogP contribution in [0.1, 0.15) is 39.0 Å². The molecule has 0 aromatic heterocycles. The number of hydrogen-bond acceptors (Lipinski definition) is 2. The highest BCUT2D eigenvalue weighted by molar-refractivity contribution is 5.75. The minimum atomic E-state index is -0.906. The zero-order valence-corrected chi connectivity index (χ0v) is 10.2. The number of carbonyl (C=O) groups is 2. The van der Waals surface area contributed by atoms with E-state index in [4.69, 9.17) is 11.5 Å². The van der Waals surface area contributed by atoms with E-state index in [9.17, 15) is 9.59 Å². The van der Waals surface area contributed by atoms with Gasteiger partial charge in [0.05, 0.1) is 6.42 Å². The molecular weight excluding hydrogens is 220 g/mol. The fourth-order valence-corrected chi connectivity index (χ4v) is 1.41. The number of terminal acetylenes is 1. The van der Waals surface area contributed by atoms with Crippen molar-refractivity contribution in [3.05, 3.63) is 0 Å². The topological polar surface area (TPSA) is 78.4 Å². The van der Waals surface area contributed by atoms with Gasteiger partial charge in [-0.15, -0.1) is 12.3 Å². The van der Waals surface area contributed by atoms with Crippen molar-refractivity contribution >= 4 is 12.0 Å². The molecule has 0 rings (SSSR count). The summed E-state index contributed by atoms with van der Waals surface area (Å²) in [6, 6.07) is -0.646. The van der Waals surface area contributed by atoms with Gasteiger partial charge in [-0.25, -0.2) is 4.79 Å². The SMILES string of the molecule is C#CCCCNC(=O)NC(CCC)CC(=O)O. The van der Waals surface area contributed by atoms with Crippen LogP contribution in [0, 0.1) is 12.3 Å². The lowest BCUT2D eigenvalue weighted by Gasteiger charge is -2.16. The van der Waals surface area contributed by atoms with E-state index >= 15 is 0 Å². The van der Waals surface area contributed by atoms with Crippen molar-refractivity contribution in [3.8, 4) is 12.3 Å². The molecule has 5 nitrogen and oxygen atoms in total. The maximum absolute atomic E-state index is 11.4. The largest absolute Gasteiger partial charge is 0.481 e. The third kappa shape index (κ3) is 9.24. The first kappa shape index (κ1) is 15.3. The Kier molecular flexibility index (Phi) is 8.57. The first-order valence-electron chi connectivity index (χ1n) is 5.79. The van der Waals surface area contributed by atoms with Gasteiger partial charge in [-0.1, -0.05) is 13.3 Å². The molecule has 0 aliphatic rings. The summed E-state index contributed by atoms with van der Waals surface area (Å²) in [6.45, 7) is 2.45. The predicted octanol–water partition coefficient (Wildman–Crippen LogP) is 1.34. The Hall–Kier alpha value is -1.70. The lowest BCUT2D eigenvalue weighted by molar-refractivity contribution is -0.137. The third-order valence-electron chi connectivity index (χ3n) is 2.18. The van der Waals surface area contributed by atoms with Crippen LogP contribution in [0.25, 0.3) is 0 Å². The molecule has 0 heterocycles. The van der Waals surface area contributed by atoms with Crippen LogP contribution in [-0.2, 0) is 4.79 Å². The number of urea groups is 1. The van der Waals surface area contributed by atoms with Gasteiger partial charge in [-0.2, -0.15) is 0 Å². The second kappa shape index (κ2) is 9.52. The van der Waals surface area contributed by atoms with Gasteiger partial charge in [-0.3, -0.25) is 4.79 Å². The molecule has 0 saturated heterocycles. The van der Waals surface area contributed by atoms with Crippen molar-refractivity contribution in [2.75, 3.05) is 6.54 Å². The van der Waals surface area contributed by atoms with Crippen LogP contribution in [0.4, 0.5) is 4.79 Å². The van der Waals surface area contributed by atoms with Crippen LogP contribution >= 0.6 is 0 Å². The number of unbranched alkanes of at least 4 members (excludes halogenated alkanes) is 1. The molecule has 3 N–H and O–H groups in total. The predicted molar refractivity (Wildman–Crippen MR) is 65.6 cm³/mol. The number of carbonyl (C=O) groups excluding carboxylic acids is 1. The molecule has 0 aromatic carbocycles. The van der Waals surface area contributed by atoms with Gasteiger partial charge < -0.3 is 15.7 Å². The summed E-state index contributed by atoms with van der Waals surface area (Å²) < 4.78 is 0. The molecule has 0 spiro atoms. The van der Waals surface area contributed by atoms with Crippen LogP contribution < -0.4 is 10.6 Å². The molecule has 1 atom stereocenters. The average Bonchev–Trinajstić information content (AvgIpc) is 2.24. The summed E-state index contributed by atoms with van der Waals surface area (Å²) >= 11 is 0. The van der Waals surface area contributed by atoms with Gasteiger partial charge in [0.25, 0.3) is 0 Å². The van der Waals surface area contributed by atoms with Crippen molar-refractivity contribution < 1.29 is 14.7 Å². The molecule has 0 aliphatic carbocycles. The molecule has 0 fully saturated rings. The maximum Gasteiger partial charge on any atom is 0.315 e. The van der Waals surface area contributed by atoms with Crippen LogP contribution in [-0.4, -0.2) is 29.7 Å². The van der Waals surface area contributed by atoms with Gasteiger partial charge in [0.1, 0.15) is 0 Å². The fourth-order valence-electron chi connectivity index (χ4n) is 1.41. The standard InChI is InChI=1S/C12H20N2O3/c1-3-5-6-8-13-12(17)14-10(7-4-2)9-11(15)16/h1,10H,4-9H2,2H3,(H,15,16)(H2,13,14,17). The monoisotopic (exact) mass is 240 g/mol. The summed E-state index contributed by atoms with van der Waals surface area (Å²) in [4.78, 5) is 22.0. The summed E-state index contributed by atoms with van der Waals surface area (Å²) in [7, 11) is 0. The zero-order valence-electron chi connectivity index (χ0n) is 10.2. The van der Waals surface area contributed by atoms with Crippen molar-refractivity contribution in [3.63, 3.8) is 0 Å². The molecule has 0 aliphatic heterocycles. The highest BCUT2D eigenvalue weighted by Gasteiger charge is 2.14. The first-order valence-corrected chi connectivity index (χ1v) is 5.79. The molecule has 0 aromatic rings. The molecule has 1 unspecified atom stereocenters. The number of amides is 2. The van der Waals surface area contributed by atoms with Gasteiger partial charge in [0.15, 0.2) is 0 Å². The minimum Gasteiger partial charge on any atom is -0.481 e. The maximum atomic E-state index is 11.4. The highest BCUT2D eigenvalue weighted by Crippen LogP contribution is 2.01. The van der Waals surface area contributed by atoms with Gasteiger partial charge in [-0.05, 0) is 12.8 Å². The molecule has 0 bridgehead atoms. The van der Waals surface area contributed by atoms with Crippen LogP contribution in [0.5, 0.6) is 0 Å². The average molecular weight is 240 g/mol. The van der Waals surface area contributed by atoms with E-state index in [0.29, 0.717) is 19.4 Å². The van der Waals surface area contributed by atoms with Crippen molar-refractivity contribution in [1.82, 2.24) is 10.6 Å². The van der Waals surface area contributed by atoms with E-state index in [1.54, 1.807) is 0 Å². The smallest absolute Gasteiger partial charge is 0.315 e. The number of hydrogen-bond donors (Lipinski definition) is 3. The quantitative estimate of drug-likeness (QED) is 0.442. The van der Waals surface area contributed by atoms with Crippen molar-refractivity contribution in [1.29, 1.82) is 0 Å². The van der Waals surface area contributed by atoms with Crippen molar-refractivity contribution in [2.24, 2.45) is 0 Å². The molecule has 0 radical (unpaired) electrons. The Labute approximate surface area is 102 Å². The Morgan fingerprint density at radius 1 is 1.47 bits per heavy atom. The minimum absolute atomic E-state index is 0.0500. The summed E-state index contributed by atoms with van der Waals surface area (Å²) in [5.74, 6) is 1.57. The highest BCUT2D eigenvalue weighted by atomic mass is 16.4. The second-order valence-corrected chi connectivity index (χ2v) is 3.79. The number of nitrogens with one attached hydrogen (secondary N) is 2. The Balaban J connectivity index is 3.87. The lowest BCUT2D eigenvalue weighted by atomic mass is 10.1. The molecule has 2 amide bonds. The van der Waals surface area contributed by atoms with Crippen LogP contribution in [0.2, 0.25) is 0 Å². The van der Waals surface area contributed by atoms with E-state index in [1.807, 2.05) is 6.92 Å². The number of aliphatic carboxylic acids is 1. The Bertz CT molecular complexity index is 284. The first-order chi connectivity index (χ1) is 8.10. The fraction of sp³-hybridized carbons (Fsp3) is 0.667. The van der Waals surface area contributed by atoms with Gasteiger partial charge in [0.2, 0.25) is 0 Å². The summed E-state index contributed by atoms with van der Waals surface area (Å²) in [5.41, 5.74) is 0. The molecule has 17 heavy (non-hydrogen) atoms. The van der Waals surface area contributed by atoms with Gasteiger partial charge >= 0.3 is 12.0 Å². The van der Waals surface area contributed by atoms with Crippen LogP contribution in [0.15, 0.2) is 0 Å².